The molecule has 0 spiro atoms. The van der Waals surface area contributed by atoms with Gasteiger partial charge in [0.05, 0.1) is 6.10 Å². The van der Waals surface area contributed by atoms with Gasteiger partial charge in [0.25, 0.3) is 0 Å². The lowest BCUT2D eigenvalue weighted by atomic mass is 10.3. The predicted octanol–water partition coefficient (Wildman–Crippen LogP) is 0.712. The molecule has 2 heteroatoms. The number of ether oxygens (including phenoxy) is 1. The molecule has 0 aliphatic carbocycles. The first-order valence-corrected chi connectivity index (χ1v) is 2.48. The van der Waals surface area contributed by atoms with Crippen LogP contribution in [0.15, 0.2) is 0 Å². The maximum atomic E-state index is 10.2. The van der Waals surface area contributed by atoms with E-state index in [-0.39, 0.29) is 12.1 Å². The molecule has 1 rings (SSSR count). The molecule has 1 saturated heterocycles. The number of esters is 1. The highest BCUT2D eigenvalue weighted by molar-refractivity contribution is 5.71. The van der Waals surface area contributed by atoms with E-state index >= 15 is 0 Å². The Balaban J connectivity index is 2.40. The largest absolute Gasteiger partial charge is 0.463 e. The Kier molecular flexibility index (Phi) is 1.01. The molecule has 1 atom stereocenters. The summed E-state index contributed by atoms with van der Waals surface area (Å²) in [6.07, 6.45) is 1.69. The third kappa shape index (κ3) is 0.918. The fourth-order valence-corrected chi connectivity index (χ4v) is 0.663. The molecular weight excluding hydrogens is 92.1 g/mol. The van der Waals surface area contributed by atoms with Crippen molar-refractivity contribution in [2.45, 2.75) is 25.9 Å². The minimum absolute atomic E-state index is 0.0486. The van der Waals surface area contributed by atoms with E-state index in [0.29, 0.717) is 6.42 Å². The van der Waals surface area contributed by atoms with Crippen molar-refractivity contribution in [1.29, 1.82) is 0 Å². The Labute approximate surface area is 42.5 Å². The zero-order valence-electron chi connectivity index (χ0n) is 4.31. The van der Waals surface area contributed by atoms with Crippen molar-refractivity contribution >= 4 is 5.97 Å². The molecule has 0 amide bonds. The lowest BCUT2D eigenvalue weighted by Crippen LogP contribution is -1.98. The molecule has 0 aromatic carbocycles. The molecule has 2 nitrogen and oxygen atoms in total. The van der Waals surface area contributed by atoms with Gasteiger partial charge in [0, 0.05) is 6.42 Å². The highest BCUT2D eigenvalue weighted by Crippen LogP contribution is 2.11. The molecule has 1 fully saturated rings. The van der Waals surface area contributed by atoms with Gasteiger partial charge in [-0.2, -0.15) is 0 Å². The van der Waals surface area contributed by atoms with Crippen LogP contribution in [-0.2, 0) is 9.53 Å². The molecule has 0 unspecified atom stereocenters. The van der Waals surface area contributed by atoms with Gasteiger partial charge in [-0.05, 0) is 13.3 Å². The fraction of sp³-hybridized carbons (Fsp3) is 0.800. The van der Waals surface area contributed by atoms with E-state index in [1.807, 2.05) is 6.92 Å². The first-order chi connectivity index (χ1) is 3.29. The van der Waals surface area contributed by atoms with Crippen LogP contribution >= 0.6 is 0 Å². The zero-order valence-corrected chi connectivity index (χ0v) is 4.31. The Morgan fingerprint density at radius 3 is 2.71 bits per heavy atom. The zero-order chi connectivity index (χ0) is 5.28. The molecule has 0 aromatic rings. The van der Waals surface area contributed by atoms with Gasteiger partial charge in [0.2, 0.25) is 0 Å². The van der Waals surface area contributed by atoms with Gasteiger partial charge in [-0.1, -0.05) is 0 Å². The Morgan fingerprint density at radius 1 is 1.86 bits per heavy atom. The van der Waals surface area contributed by atoms with Gasteiger partial charge >= 0.3 is 5.97 Å². The highest BCUT2D eigenvalue weighted by Gasteiger charge is 2.17. The number of carbonyl (C=O) groups is 1. The molecule has 1 aliphatic heterocycles. The Morgan fingerprint density at radius 2 is 2.57 bits per heavy atom. The van der Waals surface area contributed by atoms with Crippen LogP contribution in [-0.4, -0.2) is 12.1 Å². The normalized spacial score (nSPS) is 30.4. The fourth-order valence-electron chi connectivity index (χ4n) is 0.663. The molecule has 1 aliphatic rings. The van der Waals surface area contributed by atoms with Crippen LogP contribution < -0.4 is 0 Å². The van der Waals surface area contributed by atoms with Crippen LogP contribution in [0.3, 0.4) is 0 Å². The smallest absolute Gasteiger partial charge is 0.306 e. The summed E-state index contributed by atoms with van der Waals surface area (Å²) >= 11 is 0. The quantitative estimate of drug-likeness (QED) is 0.419. The molecule has 7 heavy (non-hydrogen) atoms. The average Bonchev–Trinajstić information content (AvgIpc) is 1.87. The van der Waals surface area contributed by atoms with E-state index < -0.39 is 0 Å². The minimum Gasteiger partial charge on any atom is -0.463 e. The third-order valence-corrected chi connectivity index (χ3v) is 1.09. The van der Waals surface area contributed by atoms with Crippen molar-refractivity contribution in [3.05, 3.63) is 0 Å². The van der Waals surface area contributed by atoms with Gasteiger partial charge in [-0.3, -0.25) is 4.79 Å². The molecule has 0 N–H and O–H groups in total. The third-order valence-electron chi connectivity index (χ3n) is 1.09. The lowest BCUT2D eigenvalue weighted by Gasteiger charge is -1.95. The molecule has 0 radical (unpaired) electrons. The second-order valence-electron chi connectivity index (χ2n) is 1.84. The van der Waals surface area contributed by atoms with Crippen LogP contribution in [0.25, 0.3) is 0 Å². The maximum absolute atomic E-state index is 10.2. The summed E-state index contributed by atoms with van der Waals surface area (Å²) in [5, 5.41) is 0. The van der Waals surface area contributed by atoms with Crippen LogP contribution in [0, 0.1) is 0 Å². The Hall–Kier alpha value is -0.530. The monoisotopic (exact) mass is 100 g/mol. The summed E-state index contributed by atoms with van der Waals surface area (Å²) in [5.74, 6) is -0.0486. The number of rotatable bonds is 0. The first kappa shape index (κ1) is 4.62. The van der Waals surface area contributed by atoms with Crippen molar-refractivity contribution in [3.8, 4) is 0 Å². The standard InChI is InChI=1S/C5H8O2/c1-4-2-3-5(6)7-4/h4H,2-3H2,1H3/t4-/m0/s1. The van der Waals surface area contributed by atoms with Gasteiger partial charge in [0.1, 0.15) is 0 Å². The summed E-state index contributed by atoms with van der Waals surface area (Å²) in [6, 6.07) is 0. The van der Waals surface area contributed by atoms with E-state index in [9.17, 15) is 4.79 Å². The van der Waals surface area contributed by atoms with E-state index in [1.54, 1.807) is 0 Å². The number of cyclic esters (lactones) is 1. The van der Waals surface area contributed by atoms with Crippen LogP contribution in [0.2, 0.25) is 0 Å². The van der Waals surface area contributed by atoms with E-state index in [2.05, 4.69) is 0 Å². The summed E-state index contributed by atoms with van der Waals surface area (Å²) in [6.45, 7) is 1.91. The summed E-state index contributed by atoms with van der Waals surface area (Å²) in [5.41, 5.74) is 0. The number of hydrogen-bond donors (Lipinski definition) is 0. The van der Waals surface area contributed by atoms with Gasteiger partial charge < -0.3 is 4.74 Å². The molecule has 0 aromatic heterocycles. The predicted molar refractivity (Wildman–Crippen MR) is 24.8 cm³/mol. The number of hydrogen-bond acceptors (Lipinski definition) is 2. The maximum Gasteiger partial charge on any atom is 0.306 e. The minimum atomic E-state index is -0.0486. The summed E-state index contributed by atoms with van der Waals surface area (Å²) in [7, 11) is 0. The highest BCUT2D eigenvalue weighted by atomic mass is 16.5. The van der Waals surface area contributed by atoms with Crippen molar-refractivity contribution in [3.63, 3.8) is 0 Å². The first-order valence-electron chi connectivity index (χ1n) is 2.48. The van der Waals surface area contributed by atoms with Crippen molar-refractivity contribution in [2.24, 2.45) is 0 Å². The molecule has 0 saturated carbocycles. The van der Waals surface area contributed by atoms with E-state index in [0.717, 1.165) is 6.42 Å². The second kappa shape index (κ2) is 1.52. The summed E-state index contributed by atoms with van der Waals surface area (Å²) < 4.78 is 4.72. The van der Waals surface area contributed by atoms with Crippen molar-refractivity contribution in [2.75, 3.05) is 0 Å². The Bertz CT molecular complexity index is 88.1. The average molecular weight is 100 g/mol. The summed E-state index contributed by atoms with van der Waals surface area (Å²) in [4.78, 5) is 10.2. The molecule has 0 bridgehead atoms. The van der Waals surface area contributed by atoms with E-state index in [1.165, 1.54) is 0 Å². The van der Waals surface area contributed by atoms with Crippen LogP contribution in [0.5, 0.6) is 0 Å². The SMILES string of the molecule is C[C@H]1CCC(=O)O1. The lowest BCUT2D eigenvalue weighted by molar-refractivity contribution is -0.140. The van der Waals surface area contributed by atoms with Crippen molar-refractivity contribution < 1.29 is 9.53 Å². The molecule has 1 heterocycles. The molecule has 40 valence electrons. The van der Waals surface area contributed by atoms with Crippen LogP contribution in [0.1, 0.15) is 19.8 Å². The van der Waals surface area contributed by atoms with Gasteiger partial charge in [-0.15, -0.1) is 0 Å². The number of carbonyl (C=O) groups excluding carboxylic acids is 1. The van der Waals surface area contributed by atoms with Gasteiger partial charge in [0.15, 0.2) is 0 Å². The van der Waals surface area contributed by atoms with E-state index in [4.69, 9.17) is 4.74 Å². The second-order valence-corrected chi connectivity index (χ2v) is 1.84. The topological polar surface area (TPSA) is 26.3 Å². The van der Waals surface area contributed by atoms with Crippen LogP contribution in [0.4, 0.5) is 0 Å². The molecular formula is C5H8O2. The van der Waals surface area contributed by atoms with Gasteiger partial charge in [-0.25, -0.2) is 0 Å². The van der Waals surface area contributed by atoms with Crippen molar-refractivity contribution in [1.82, 2.24) is 0 Å².